The number of thioether (sulfide) groups is 1. The van der Waals surface area contributed by atoms with Crippen LogP contribution in [0.15, 0.2) is 45.8 Å². The number of esters is 1. The SMILES string of the molecule is CCOC(=O)CN1C(=O)S/C(=C/c2cc(Br)c(OCc3ccccc3C#N)c(OCC)c2)C1=O. The van der Waals surface area contributed by atoms with E-state index in [1.165, 1.54) is 0 Å². The number of benzene rings is 2. The fourth-order valence-corrected chi connectivity index (χ4v) is 4.52. The number of amides is 2. The normalized spacial score (nSPS) is 14.3. The maximum atomic E-state index is 12.7. The number of nitrogens with zero attached hydrogens (tertiary/aromatic N) is 2. The van der Waals surface area contributed by atoms with Crippen molar-refractivity contribution in [1.82, 2.24) is 4.90 Å². The van der Waals surface area contributed by atoms with E-state index < -0.39 is 23.7 Å². The van der Waals surface area contributed by atoms with E-state index in [-0.39, 0.29) is 18.1 Å². The average Bonchev–Trinajstić information content (AvgIpc) is 3.06. The van der Waals surface area contributed by atoms with Crippen molar-refractivity contribution in [1.29, 1.82) is 5.26 Å². The lowest BCUT2D eigenvalue weighted by atomic mass is 10.1. The number of carbonyl (C=O) groups is 3. The first-order valence-corrected chi connectivity index (χ1v) is 12.0. The fraction of sp³-hybridized carbons (Fsp3) is 0.250. The monoisotopic (exact) mass is 544 g/mol. The van der Waals surface area contributed by atoms with E-state index in [4.69, 9.17) is 14.2 Å². The van der Waals surface area contributed by atoms with Gasteiger partial charge in [0.2, 0.25) is 0 Å². The summed E-state index contributed by atoms with van der Waals surface area (Å²) in [5, 5.41) is 8.75. The number of rotatable bonds is 9. The van der Waals surface area contributed by atoms with Crippen LogP contribution in [0.3, 0.4) is 0 Å². The van der Waals surface area contributed by atoms with Gasteiger partial charge in [-0.2, -0.15) is 5.26 Å². The van der Waals surface area contributed by atoms with Crippen LogP contribution in [0.5, 0.6) is 11.5 Å². The highest BCUT2D eigenvalue weighted by Crippen LogP contribution is 2.39. The van der Waals surface area contributed by atoms with Gasteiger partial charge in [-0.3, -0.25) is 19.3 Å². The molecule has 3 rings (SSSR count). The summed E-state index contributed by atoms with van der Waals surface area (Å²) >= 11 is 4.24. The molecule has 1 heterocycles. The molecule has 34 heavy (non-hydrogen) atoms. The first-order chi connectivity index (χ1) is 16.4. The van der Waals surface area contributed by atoms with Crippen LogP contribution in [0.1, 0.15) is 30.5 Å². The molecule has 1 aliphatic heterocycles. The molecule has 0 N–H and O–H groups in total. The minimum atomic E-state index is -0.646. The van der Waals surface area contributed by atoms with E-state index in [1.54, 1.807) is 37.3 Å². The van der Waals surface area contributed by atoms with Gasteiger partial charge < -0.3 is 14.2 Å². The zero-order valence-electron chi connectivity index (χ0n) is 18.5. The van der Waals surface area contributed by atoms with Gasteiger partial charge >= 0.3 is 5.97 Å². The van der Waals surface area contributed by atoms with Crippen LogP contribution in [0.2, 0.25) is 0 Å². The third-order valence-corrected chi connectivity index (χ3v) is 6.10. The molecule has 0 saturated carbocycles. The molecule has 0 aliphatic carbocycles. The first kappa shape index (κ1) is 25.3. The fourth-order valence-electron chi connectivity index (χ4n) is 3.10. The van der Waals surface area contributed by atoms with E-state index in [9.17, 15) is 19.6 Å². The Bertz CT molecular complexity index is 1190. The zero-order chi connectivity index (χ0) is 24.7. The second kappa shape index (κ2) is 11.7. The van der Waals surface area contributed by atoms with Crippen LogP contribution in [0.25, 0.3) is 6.08 Å². The average molecular weight is 545 g/mol. The van der Waals surface area contributed by atoms with Gasteiger partial charge in [0.25, 0.3) is 11.1 Å². The molecular formula is C24H21BrN2O6S. The lowest BCUT2D eigenvalue weighted by Crippen LogP contribution is -2.34. The smallest absolute Gasteiger partial charge is 0.326 e. The predicted octanol–water partition coefficient (Wildman–Crippen LogP) is 4.90. The molecule has 1 aliphatic rings. The standard InChI is InChI=1S/C24H21BrN2O6S/c1-3-31-19-10-15(11-20-23(29)27(24(30)34-20)13-21(28)32-4-2)9-18(25)22(19)33-14-17-8-6-5-7-16(17)12-26/h5-11H,3-4,13-14H2,1-2H3/b20-11+. The molecule has 0 bridgehead atoms. The summed E-state index contributed by atoms with van der Waals surface area (Å²) in [6, 6.07) is 12.7. The highest BCUT2D eigenvalue weighted by Gasteiger charge is 2.36. The summed E-state index contributed by atoms with van der Waals surface area (Å²) < 4.78 is 17.1. The Kier molecular flexibility index (Phi) is 8.73. The molecule has 2 aromatic rings. The minimum absolute atomic E-state index is 0.161. The molecule has 0 unspecified atom stereocenters. The van der Waals surface area contributed by atoms with Crippen molar-refractivity contribution in [3.8, 4) is 17.6 Å². The van der Waals surface area contributed by atoms with Gasteiger partial charge in [0, 0.05) is 5.56 Å². The number of ether oxygens (including phenoxy) is 3. The molecular weight excluding hydrogens is 524 g/mol. The molecule has 2 amide bonds. The van der Waals surface area contributed by atoms with Crippen molar-refractivity contribution < 1.29 is 28.6 Å². The van der Waals surface area contributed by atoms with Gasteiger partial charge in [-0.1, -0.05) is 18.2 Å². The van der Waals surface area contributed by atoms with Crippen LogP contribution < -0.4 is 9.47 Å². The van der Waals surface area contributed by atoms with Crippen molar-refractivity contribution in [3.05, 3.63) is 62.5 Å². The van der Waals surface area contributed by atoms with Crippen molar-refractivity contribution in [2.45, 2.75) is 20.5 Å². The second-order valence-corrected chi connectivity index (χ2v) is 8.74. The summed E-state index contributed by atoms with van der Waals surface area (Å²) in [6.07, 6.45) is 1.55. The minimum Gasteiger partial charge on any atom is -0.490 e. The van der Waals surface area contributed by atoms with E-state index in [1.807, 2.05) is 19.1 Å². The number of nitriles is 1. The maximum Gasteiger partial charge on any atom is 0.326 e. The summed E-state index contributed by atoms with van der Waals surface area (Å²) in [7, 11) is 0. The van der Waals surface area contributed by atoms with Crippen LogP contribution in [0.4, 0.5) is 4.79 Å². The number of imide groups is 1. The maximum absolute atomic E-state index is 12.7. The molecule has 2 aromatic carbocycles. The Morgan fingerprint density at radius 3 is 2.65 bits per heavy atom. The van der Waals surface area contributed by atoms with Gasteiger partial charge in [0.1, 0.15) is 13.2 Å². The van der Waals surface area contributed by atoms with Crippen molar-refractivity contribution >= 4 is 50.9 Å². The van der Waals surface area contributed by atoms with E-state index in [2.05, 4.69) is 22.0 Å². The topological polar surface area (TPSA) is 106 Å². The number of hydrogen-bond donors (Lipinski definition) is 0. The number of halogens is 1. The molecule has 1 saturated heterocycles. The molecule has 8 nitrogen and oxygen atoms in total. The molecule has 0 aromatic heterocycles. The van der Waals surface area contributed by atoms with E-state index in [0.29, 0.717) is 33.7 Å². The Balaban J connectivity index is 1.84. The Morgan fingerprint density at radius 2 is 1.94 bits per heavy atom. The third-order valence-electron chi connectivity index (χ3n) is 4.61. The Morgan fingerprint density at radius 1 is 1.18 bits per heavy atom. The Hall–Kier alpha value is -3.29. The number of carbonyl (C=O) groups excluding carboxylic acids is 3. The summed E-state index contributed by atoms with van der Waals surface area (Å²) in [4.78, 5) is 37.6. The van der Waals surface area contributed by atoms with Crippen LogP contribution >= 0.6 is 27.7 Å². The second-order valence-electron chi connectivity index (χ2n) is 6.89. The zero-order valence-corrected chi connectivity index (χ0v) is 20.9. The molecule has 1 fully saturated rings. The highest BCUT2D eigenvalue weighted by atomic mass is 79.9. The number of hydrogen-bond acceptors (Lipinski definition) is 8. The molecule has 0 spiro atoms. The van der Waals surface area contributed by atoms with Crippen molar-refractivity contribution in [3.63, 3.8) is 0 Å². The first-order valence-electron chi connectivity index (χ1n) is 10.4. The molecule has 0 atom stereocenters. The summed E-state index contributed by atoms with van der Waals surface area (Å²) in [6.45, 7) is 3.74. The summed E-state index contributed by atoms with van der Waals surface area (Å²) in [5.41, 5.74) is 1.85. The molecule has 10 heteroatoms. The van der Waals surface area contributed by atoms with Gasteiger partial charge in [0.15, 0.2) is 11.5 Å². The van der Waals surface area contributed by atoms with Crippen molar-refractivity contribution in [2.75, 3.05) is 19.8 Å². The predicted molar refractivity (Wildman–Crippen MR) is 130 cm³/mol. The van der Waals surface area contributed by atoms with E-state index >= 15 is 0 Å². The van der Waals surface area contributed by atoms with Crippen LogP contribution in [-0.4, -0.2) is 41.8 Å². The van der Waals surface area contributed by atoms with Crippen molar-refractivity contribution in [2.24, 2.45) is 0 Å². The Labute approximate surface area is 209 Å². The van der Waals surface area contributed by atoms with Gasteiger partial charge in [-0.05, 0) is 71.4 Å². The van der Waals surface area contributed by atoms with Gasteiger partial charge in [0.05, 0.1) is 34.2 Å². The molecule has 0 radical (unpaired) electrons. The third kappa shape index (κ3) is 5.98. The largest absolute Gasteiger partial charge is 0.490 e. The van der Waals surface area contributed by atoms with Gasteiger partial charge in [-0.15, -0.1) is 0 Å². The lowest BCUT2D eigenvalue weighted by Gasteiger charge is -2.15. The molecule has 176 valence electrons. The van der Waals surface area contributed by atoms with Crippen LogP contribution in [-0.2, 0) is 20.9 Å². The highest BCUT2D eigenvalue weighted by molar-refractivity contribution is 9.10. The van der Waals surface area contributed by atoms with Gasteiger partial charge in [-0.25, -0.2) is 0 Å². The van der Waals surface area contributed by atoms with Crippen LogP contribution in [0, 0.1) is 11.3 Å². The lowest BCUT2D eigenvalue weighted by molar-refractivity contribution is -0.145. The van der Waals surface area contributed by atoms with E-state index in [0.717, 1.165) is 22.2 Å². The summed E-state index contributed by atoms with van der Waals surface area (Å²) in [5.74, 6) is -0.331. The quantitative estimate of drug-likeness (QED) is 0.324.